The predicted molar refractivity (Wildman–Crippen MR) is 120 cm³/mol. The molecular formula is C22H19ClN2O5S. The zero-order valence-corrected chi connectivity index (χ0v) is 18.3. The first kappa shape index (κ1) is 22.3. The van der Waals surface area contributed by atoms with Crippen molar-refractivity contribution >= 4 is 44.6 Å². The van der Waals surface area contributed by atoms with Gasteiger partial charge in [-0.3, -0.25) is 9.59 Å². The van der Waals surface area contributed by atoms with Crippen LogP contribution in [0.1, 0.15) is 20.7 Å². The molecule has 3 aromatic carbocycles. The molecule has 0 radical (unpaired) electrons. The van der Waals surface area contributed by atoms with Crippen molar-refractivity contribution < 1.29 is 22.7 Å². The van der Waals surface area contributed by atoms with Crippen LogP contribution < -0.4 is 15.4 Å². The molecule has 0 fully saturated rings. The molecule has 2 N–H and O–H groups in total. The van der Waals surface area contributed by atoms with Crippen LogP contribution in [-0.2, 0) is 9.84 Å². The zero-order chi connectivity index (χ0) is 22.6. The number of carbonyl (C=O) groups excluding carboxylic acids is 2. The van der Waals surface area contributed by atoms with Crippen molar-refractivity contribution in [3.05, 3.63) is 82.9 Å². The fraction of sp³-hybridized carbons (Fsp3) is 0.0909. The van der Waals surface area contributed by atoms with Gasteiger partial charge in [0.1, 0.15) is 5.75 Å². The van der Waals surface area contributed by atoms with E-state index in [0.717, 1.165) is 6.26 Å². The van der Waals surface area contributed by atoms with Crippen LogP contribution in [-0.4, -0.2) is 33.6 Å². The number of carbonyl (C=O) groups is 2. The number of benzene rings is 3. The number of hydrogen-bond acceptors (Lipinski definition) is 5. The fourth-order valence-electron chi connectivity index (χ4n) is 2.72. The zero-order valence-electron chi connectivity index (χ0n) is 16.7. The monoisotopic (exact) mass is 458 g/mol. The third-order valence-electron chi connectivity index (χ3n) is 4.33. The summed E-state index contributed by atoms with van der Waals surface area (Å²) in [5.74, 6) is -0.298. The average molecular weight is 459 g/mol. The highest BCUT2D eigenvalue weighted by atomic mass is 35.5. The van der Waals surface area contributed by atoms with Gasteiger partial charge in [-0.2, -0.15) is 0 Å². The van der Waals surface area contributed by atoms with Gasteiger partial charge in [0.2, 0.25) is 0 Å². The lowest BCUT2D eigenvalue weighted by molar-refractivity contribution is 0.101. The second-order valence-corrected chi connectivity index (χ2v) is 9.06. The van der Waals surface area contributed by atoms with Crippen molar-refractivity contribution in [3.63, 3.8) is 0 Å². The molecule has 0 aromatic heterocycles. The maximum atomic E-state index is 12.5. The van der Waals surface area contributed by atoms with E-state index in [1.54, 1.807) is 36.4 Å². The van der Waals surface area contributed by atoms with Crippen LogP contribution in [0.2, 0.25) is 5.02 Å². The normalized spacial score (nSPS) is 10.9. The van der Waals surface area contributed by atoms with E-state index < -0.39 is 15.7 Å². The Morgan fingerprint density at radius 2 is 1.52 bits per heavy atom. The second kappa shape index (κ2) is 9.20. The standard InChI is InChI=1S/C22H19ClN2O5S/c1-30-17-7-3-5-14(11-17)21(26)24-16-9-10-20(19(23)13-16)25-22(27)15-6-4-8-18(12-15)31(2,28)29/h3-13H,1-2H3,(H,24,26)(H,25,27). The Morgan fingerprint density at radius 3 is 2.16 bits per heavy atom. The third kappa shape index (κ3) is 5.62. The van der Waals surface area contributed by atoms with Crippen LogP contribution in [0.4, 0.5) is 11.4 Å². The van der Waals surface area contributed by atoms with Crippen LogP contribution in [0.3, 0.4) is 0 Å². The predicted octanol–water partition coefficient (Wildman–Crippen LogP) is 4.26. The van der Waals surface area contributed by atoms with Crippen molar-refractivity contribution in [2.24, 2.45) is 0 Å². The van der Waals surface area contributed by atoms with Gasteiger partial charge >= 0.3 is 0 Å². The Hall–Kier alpha value is -3.36. The molecule has 0 aliphatic carbocycles. The number of sulfone groups is 1. The van der Waals surface area contributed by atoms with E-state index in [4.69, 9.17) is 16.3 Å². The first-order chi connectivity index (χ1) is 14.7. The number of nitrogens with one attached hydrogen (secondary N) is 2. The lowest BCUT2D eigenvalue weighted by atomic mass is 10.2. The summed E-state index contributed by atoms with van der Waals surface area (Å²) in [5, 5.41) is 5.57. The van der Waals surface area contributed by atoms with Gasteiger partial charge in [0.05, 0.1) is 22.7 Å². The van der Waals surface area contributed by atoms with Crippen molar-refractivity contribution in [2.45, 2.75) is 4.90 Å². The number of amides is 2. The van der Waals surface area contributed by atoms with Gasteiger partial charge in [-0.05, 0) is 54.6 Å². The largest absolute Gasteiger partial charge is 0.497 e. The van der Waals surface area contributed by atoms with E-state index in [1.165, 1.54) is 37.4 Å². The Balaban J connectivity index is 1.73. The van der Waals surface area contributed by atoms with Crippen LogP contribution >= 0.6 is 11.6 Å². The molecule has 0 aliphatic rings. The Bertz CT molecular complexity index is 1260. The first-order valence-electron chi connectivity index (χ1n) is 9.04. The van der Waals surface area contributed by atoms with Crippen molar-refractivity contribution in [3.8, 4) is 5.75 Å². The molecule has 0 aliphatic heterocycles. The molecule has 160 valence electrons. The minimum absolute atomic E-state index is 0.0434. The van der Waals surface area contributed by atoms with Gasteiger partial charge in [-0.25, -0.2) is 8.42 Å². The molecule has 7 nitrogen and oxygen atoms in total. The summed E-state index contributed by atoms with van der Waals surface area (Å²) in [6.45, 7) is 0. The van der Waals surface area contributed by atoms with E-state index in [2.05, 4.69) is 10.6 Å². The number of anilines is 2. The van der Waals surface area contributed by atoms with Gasteiger partial charge in [0.15, 0.2) is 9.84 Å². The van der Waals surface area contributed by atoms with E-state index in [9.17, 15) is 18.0 Å². The van der Waals surface area contributed by atoms with Crippen LogP contribution in [0, 0.1) is 0 Å². The van der Waals surface area contributed by atoms with Gasteiger partial charge in [-0.15, -0.1) is 0 Å². The second-order valence-electron chi connectivity index (χ2n) is 6.63. The highest BCUT2D eigenvalue weighted by molar-refractivity contribution is 7.90. The highest BCUT2D eigenvalue weighted by Crippen LogP contribution is 2.27. The van der Waals surface area contributed by atoms with Crippen LogP contribution in [0.5, 0.6) is 5.75 Å². The average Bonchev–Trinajstić information content (AvgIpc) is 2.75. The van der Waals surface area contributed by atoms with Crippen molar-refractivity contribution in [2.75, 3.05) is 24.0 Å². The van der Waals surface area contributed by atoms with E-state index in [0.29, 0.717) is 22.7 Å². The lowest BCUT2D eigenvalue weighted by Crippen LogP contribution is -2.14. The molecular weight excluding hydrogens is 440 g/mol. The molecule has 0 unspecified atom stereocenters. The van der Waals surface area contributed by atoms with Crippen molar-refractivity contribution in [1.82, 2.24) is 0 Å². The molecule has 0 saturated carbocycles. The Labute approximate surface area is 184 Å². The molecule has 0 atom stereocenters. The lowest BCUT2D eigenvalue weighted by Gasteiger charge is -2.11. The number of methoxy groups -OCH3 is 1. The maximum absolute atomic E-state index is 12.5. The smallest absolute Gasteiger partial charge is 0.255 e. The van der Waals surface area contributed by atoms with Gasteiger partial charge in [0, 0.05) is 23.1 Å². The third-order valence-corrected chi connectivity index (χ3v) is 5.75. The summed E-state index contributed by atoms with van der Waals surface area (Å²) in [6, 6.07) is 17.0. The highest BCUT2D eigenvalue weighted by Gasteiger charge is 2.14. The summed E-state index contributed by atoms with van der Waals surface area (Å²) >= 11 is 6.26. The molecule has 3 rings (SSSR count). The number of rotatable bonds is 6. The van der Waals surface area contributed by atoms with Crippen molar-refractivity contribution in [1.29, 1.82) is 0 Å². The molecule has 0 heterocycles. The molecule has 0 saturated heterocycles. The molecule has 3 aromatic rings. The summed E-state index contributed by atoms with van der Waals surface area (Å²) in [6.07, 6.45) is 1.07. The quantitative estimate of drug-likeness (QED) is 0.574. The van der Waals surface area contributed by atoms with Crippen LogP contribution in [0.15, 0.2) is 71.6 Å². The van der Waals surface area contributed by atoms with E-state index in [1.807, 2.05) is 0 Å². The van der Waals surface area contributed by atoms with E-state index in [-0.39, 0.29) is 21.4 Å². The summed E-state index contributed by atoms with van der Waals surface area (Å²) in [7, 11) is -1.92. The number of halogens is 1. The topological polar surface area (TPSA) is 102 Å². The van der Waals surface area contributed by atoms with Gasteiger partial charge in [0.25, 0.3) is 11.8 Å². The fourth-order valence-corrected chi connectivity index (χ4v) is 3.62. The summed E-state index contributed by atoms with van der Waals surface area (Å²) in [5.41, 5.74) is 1.35. The molecule has 2 amide bonds. The first-order valence-corrected chi connectivity index (χ1v) is 11.3. The number of hydrogen-bond donors (Lipinski definition) is 2. The molecule has 0 bridgehead atoms. The van der Waals surface area contributed by atoms with Gasteiger partial charge in [-0.1, -0.05) is 23.7 Å². The Morgan fingerprint density at radius 1 is 0.871 bits per heavy atom. The van der Waals surface area contributed by atoms with Gasteiger partial charge < -0.3 is 15.4 Å². The summed E-state index contributed by atoms with van der Waals surface area (Å²) in [4.78, 5) is 25.0. The van der Waals surface area contributed by atoms with E-state index >= 15 is 0 Å². The minimum atomic E-state index is -3.44. The maximum Gasteiger partial charge on any atom is 0.255 e. The molecule has 9 heteroatoms. The Kier molecular flexibility index (Phi) is 6.62. The summed E-state index contributed by atoms with van der Waals surface area (Å²) < 4.78 is 28.5. The SMILES string of the molecule is COc1cccc(C(=O)Nc2ccc(NC(=O)c3cccc(S(C)(=O)=O)c3)c(Cl)c2)c1. The minimum Gasteiger partial charge on any atom is -0.497 e. The molecule has 31 heavy (non-hydrogen) atoms. The van der Waals surface area contributed by atoms with Crippen LogP contribution in [0.25, 0.3) is 0 Å². The molecule has 0 spiro atoms. The number of ether oxygens (including phenoxy) is 1.